The summed E-state index contributed by atoms with van der Waals surface area (Å²) >= 11 is 0. The van der Waals surface area contributed by atoms with Crippen LogP contribution in [0.15, 0.2) is 212 Å². The first-order valence-corrected chi connectivity index (χ1v) is 24.7. The molecule has 326 valence electrons. The van der Waals surface area contributed by atoms with Crippen molar-refractivity contribution in [3.05, 3.63) is 235 Å². The third kappa shape index (κ3) is 5.26. The number of anilines is 8. The highest BCUT2D eigenvalue weighted by atomic mass is 15.3. The highest BCUT2D eigenvalue weighted by Crippen LogP contribution is 2.62. The van der Waals surface area contributed by atoms with Crippen molar-refractivity contribution >= 4 is 68.6 Å². The van der Waals surface area contributed by atoms with E-state index < -0.39 is 5.41 Å². The molecule has 1 aliphatic carbocycles. The van der Waals surface area contributed by atoms with Gasteiger partial charge in [0.1, 0.15) is 0 Å². The maximum Gasteiger partial charge on any atom is 0.252 e. The lowest BCUT2D eigenvalue weighted by Gasteiger charge is -2.52. The Morgan fingerprint density at radius 2 is 0.809 bits per heavy atom. The van der Waals surface area contributed by atoms with Crippen LogP contribution in [0.5, 0.6) is 0 Å². The number of hydrogen-bond acceptors (Lipinski definition) is 3. The van der Waals surface area contributed by atoms with E-state index in [9.17, 15) is 0 Å². The van der Waals surface area contributed by atoms with Crippen LogP contribution in [0, 0.1) is 0 Å². The van der Waals surface area contributed by atoms with Crippen molar-refractivity contribution in [3.63, 3.8) is 0 Å². The van der Waals surface area contributed by atoms with Crippen LogP contribution in [0.1, 0.15) is 68.7 Å². The summed E-state index contributed by atoms with van der Waals surface area (Å²) in [6, 6.07) is 80.3. The van der Waals surface area contributed by atoms with Gasteiger partial charge in [0.05, 0.1) is 5.54 Å². The topological polar surface area (TPSA) is 9.72 Å². The fourth-order valence-electron chi connectivity index (χ4n) is 13.8. The third-order valence-corrected chi connectivity index (χ3v) is 17.3. The van der Waals surface area contributed by atoms with Gasteiger partial charge in [0, 0.05) is 56.3 Å². The van der Waals surface area contributed by atoms with Gasteiger partial charge < -0.3 is 14.7 Å². The Hall–Kier alpha value is -7.56. The standard InChI is InChI=1S/C64H52BN3/c1-62-39-15-16-40-63(62,2)68(54-28-14-13-25-51(54)62)50-41-57-61-58(42-50)67(49-37-33-46(34-38-49)44-21-9-5-10-22-44)56-30-18-27-53-60(56)65(61)59-52(64(53,3)47-23-11-6-12-24-47)26-17-29-55(59)66(57)48-35-31-45(32-36-48)43-19-7-4-8-20-43/h4-14,17-38,41-42H,15-16,39-40H2,1-3H3. The molecule has 0 N–H and O–H groups in total. The van der Waals surface area contributed by atoms with Gasteiger partial charge in [0.15, 0.2) is 0 Å². The number of benzene rings is 9. The number of hydrogen-bond donors (Lipinski definition) is 0. The average Bonchev–Trinajstić information content (AvgIpc) is 3.61. The Labute approximate surface area is 401 Å². The minimum absolute atomic E-state index is 0.0170. The summed E-state index contributed by atoms with van der Waals surface area (Å²) in [6.45, 7) is 7.62. The zero-order valence-corrected chi connectivity index (χ0v) is 39.0. The molecule has 3 nitrogen and oxygen atoms in total. The second-order valence-electron chi connectivity index (χ2n) is 20.5. The largest absolute Gasteiger partial charge is 0.334 e. The fourth-order valence-corrected chi connectivity index (χ4v) is 13.8. The lowest BCUT2D eigenvalue weighted by molar-refractivity contribution is 0.195. The summed E-state index contributed by atoms with van der Waals surface area (Å²) in [5.74, 6) is 0. The van der Waals surface area contributed by atoms with Crippen LogP contribution in [0.25, 0.3) is 22.3 Å². The summed E-state index contributed by atoms with van der Waals surface area (Å²) in [6.07, 6.45) is 4.80. The Morgan fingerprint density at radius 3 is 1.35 bits per heavy atom. The highest BCUT2D eigenvalue weighted by Gasteiger charge is 2.59. The van der Waals surface area contributed by atoms with E-state index in [0.717, 1.165) is 17.8 Å². The third-order valence-electron chi connectivity index (χ3n) is 17.3. The van der Waals surface area contributed by atoms with E-state index in [0.29, 0.717) is 0 Å². The molecule has 68 heavy (non-hydrogen) atoms. The van der Waals surface area contributed by atoms with Crippen molar-refractivity contribution in [3.8, 4) is 22.3 Å². The molecule has 0 saturated heterocycles. The number of fused-ring (bicyclic) bond motifs is 3. The van der Waals surface area contributed by atoms with Crippen molar-refractivity contribution in [1.82, 2.24) is 0 Å². The van der Waals surface area contributed by atoms with E-state index in [1.807, 2.05) is 0 Å². The Balaban J connectivity index is 1.09. The van der Waals surface area contributed by atoms with Crippen LogP contribution >= 0.6 is 0 Å². The minimum atomic E-state index is -0.408. The summed E-state index contributed by atoms with van der Waals surface area (Å²) < 4.78 is 0. The molecule has 0 amide bonds. The van der Waals surface area contributed by atoms with Gasteiger partial charge in [-0.05, 0) is 142 Å². The van der Waals surface area contributed by atoms with E-state index in [-0.39, 0.29) is 17.7 Å². The summed E-state index contributed by atoms with van der Waals surface area (Å²) in [7, 11) is 0. The Kier molecular flexibility index (Phi) is 8.43. The van der Waals surface area contributed by atoms with Gasteiger partial charge in [0.25, 0.3) is 6.71 Å². The van der Waals surface area contributed by atoms with Crippen molar-refractivity contribution in [2.45, 2.75) is 62.8 Å². The molecule has 4 heteroatoms. The molecule has 14 rings (SSSR count). The van der Waals surface area contributed by atoms with Gasteiger partial charge in [-0.1, -0.05) is 177 Å². The van der Waals surface area contributed by atoms with E-state index in [4.69, 9.17) is 0 Å². The molecule has 2 unspecified atom stereocenters. The number of rotatable bonds is 6. The van der Waals surface area contributed by atoms with Crippen molar-refractivity contribution in [2.24, 2.45) is 0 Å². The molecule has 1 saturated carbocycles. The second-order valence-corrected chi connectivity index (χ2v) is 20.5. The first kappa shape index (κ1) is 39.6. The lowest BCUT2D eigenvalue weighted by Crippen LogP contribution is -2.67. The molecule has 4 heterocycles. The van der Waals surface area contributed by atoms with Gasteiger partial charge >= 0.3 is 0 Å². The molecular formula is C64H52BN3. The van der Waals surface area contributed by atoms with E-state index >= 15 is 0 Å². The molecule has 2 atom stereocenters. The van der Waals surface area contributed by atoms with Crippen LogP contribution in [0.3, 0.4) is 0 Å². The van der Waals surface area contributed by atoms with Gasteiger partial charge in [-0.3, -0.25) is 0 Å². The van der Waals surface area contributed by atoms with Gasteiger partial charge in [0.2, 0.25) is 0 Å². The predicted molar refractivity (Wildman–Crippen MR) is 286 cm³/mol. The molecule has 1 fully saturated rings. The van der Waals surface area contributed by atoms with Crippen LogP contribution in [-0.4, -0.2) is 12.3 Å². The Morgan fingerprint density at radius 1 is 0.368 bits per heavy atom. The van der Waals surface area contributed by atoms with Gasteiger partial charge in [-0.2, -0.15) is 0 Å². The van der Waals surface area contributed by atoms with Gasteiger partial charge in [-0.15, -0.1) is 0 Å². The maximum absolute atomic E-state index is 2.77. The average molecular weight is 874 g/mol. The fraction of sp³-hybridized carbons (Fsp3) is 0.156. The normalized spacial score (nSPS) is 19.9. The predicted octanol–water partition coefficient (Wildman–Crippen LogP) is 14.5. The van der Waals surface area contributed by atoms with Crippen molar-refractivity contribution in [2.75, 3.05) is 14.7 Å². The summed E-state index contributed by atoms with van der Waals surface area (Å²) in [4.78, 5) is 8.02. The quantitative estimate of drug-likeness (QED) is 0.154. The van der Waals surface area contributed by atoms with Crippen LogP contribution in [0.4, 0.5) is 45.5 Å². The lowest BCUT2D eigenvalue weighted by atomic mass is 9.28. The van der Waals surface area contributed by atoms with Crippen LogP contribution in [0.2, 0.25) is 0 Å². The number of nitrogens with zero attached hydrogens (tertiary/aromatic N) is 3. The van der Waals surface area contributed by atoms with E-state index in [2.05, 4.69) is 248 Å². The number of para-hydroxylation sites is 1. The molecule has 4 aliphatic heterocycles. The molecule has 9 aromatic rings. The SMILES string of the molecule is CC1(c2ccccc2)c2cccc3c2B2c4c(cc(N5c6ccccc6C6(C)CCCCC56C)cc4N(c4ccc(-c5ccccc5)cc4)c4cccc1c42)N3c1ccc(-c2ccccc2)cc1. The van der Waals surface area contributed by atoms with Crippen LogP contribution in [-0.2, 0) is 10.8 Å². The second kappa shape index (κ2) is 14.5. The van der Waals surface area contributed by atoms with E-state index in [1.54, 1.807) is 0 Å². The zero-order chi connectivity index (χ0) is 45.4. The monoisotopic (exact) mass is 873 g/mol. The van der Waals surface area contributed by atoms with Crippen LogP contribution < -0.4 is 31.1 Å². The Bertz CT molecular complexity index is 3300. The summed E-state index contributed by atoms with van der Waals surface area (Å²) in [5.41, 5.74) is 24.0. The van der Waals surface area contributed by atoms with Crippen molar-refractivity contribution in [1.29, 1.82) is 0 Å². The molecule has 0 bridgehead atoms. The van der Waals surface area contributed by atoms with Gasteiger partial charge in [-0.25, -0.2) is 0 Å². The first-order chi connectivity index (χ1) is 33.4. The molecular weight excluding hydrogens is 822 g/mol. The molecule has 5 aliphatic rings. The maximum atomic E-state index is 2.77. The smallest absolute Gasteiger partial charge is 0.252 e. The van der Waals surface area contributed by atoms with Crippen molar-refractivity contribution < 1.29 is 0 Å². The van der Waals surface area contributed by atoms with E-state index in [1.165, 1.54) is 114 Å². The molecule has 0 spiro atoms. The molecule has 0 aromatic heterocycles. The molecule has 0 radical (unpaired) electrons. The highest BCUT2D eigenvalue weighted by molar-refractivity contribution is 7.01. The minimum Gasteiger partial charge on any atom is -0.334 e. The zero-order valence-electron chi connectivity index (χ0n) is 39.0. The summed E-state index contributed by atoms with van der Waals surface area (Å²) in [5, 5.41) is 0. The molecule has 9 aromatic carbocycles. The first-order valence-electron chi connectivity index (χ1n) is 24.7.